The highest BCUT2D eigenvalue weighted by Crippen LogP contribution is 2.29. The van der Waals surface area contributed by atoms with E-state index in [1.165, 1.54) is 0 Å². The first-order valence-electron chi connectivity index (χ1n) is 8.85. The third kappa shape index (κ3) is 2.98. The van der Waals surface area contributed by atoms with Gasteiger partial charge in [-0.05, 0) is 30.3 Å². The Balaban J connectivity index is 1.97. The number of aromatic amines is 2. The van der Waals surface area contributed by atoms with E-state index in [9.17, 15) is 9.59 Å². The first-order valence-corrected chi connectivity index (χ1v) is 8.85. The SMILES string of the molecule is COc1ccccc1-n1nc(C(C)C)nc1-c1ccc2[nH]c(=O)c(=O)[nH]c2c1. The zero-order chi connectivity index (χ0) is 19.8. The van der Waals surface area contributed by atoms with Gasteiger partial charge in [0.1, 0.15) is 11.4 Å². The molecule has 0 spiro atoms. The molecule has 4 aromatic rings. The smallest absolute Gasteiger partial charge is 0.314 e. The van der Waals surface area contributed by atoms with Crippen molar-refractivity contribution in [2.45, 2.75) is 19.8 Å². The number of methoxy groups -OCH3 is 1. The summed E-state index contributed by atoms with van der Waals surface area (Å²) in [5, 5.41) is 4.67. The zero-order valence-corrected chi connectivity index (χ0v) is 15.7. The molecule has 0 amide bonds. The quantitative estimate of drug-likeness (QED) is 0.532. The molecule has 0 unspecified atom stereocenters. The van der Waals surface area contributed by atoms with E-state index >= 15 is 0 Å². The van der Waals surface area contributed by atoms with Crippen LogP contribution in [-0.4, -0.2) is 31.8 Å². The number of rotatable bonds is 4. The van der Waals surface area contributed by atoms with Gasteiger partial charge in [-0.3, -0.25) is 9.59 Å². The Morgan fingerprint density at radius 3 is 2.43 bits per heavy atom. The van der Waals surface area contributed by atoms with Gasteiger partial charge >= 0.3 is 11.1 Å². The Bertz CT molecular complexity index is 1280. The van der Waals surface area contributed by atoms with Crippen LogP contribution in [0.3, 0.4) is 0 Å². The van der Waals surface area contributed by atoms with Gasteiger partial charge in [-0.25, -0.2) is 9.67 Å². The van der Waals surface area contributed by atoms with Gasteiger partial charge < -0.3 is 14.7 Å². The molecule has 142 valence electrons. The lowest BCUT2D eigenvalue weighted by molar-refractivity contribution is 0.411. The van der Waals surface area contributed by atoms with Crippen molar-refractivity contribution in [1.29, 1.82) is 0 Å². The fourth-order valence-electron chi connectivity index (χ4n) is 2.99. The van der Waals surface area contributed by atoms with Gasteiger partial charge in [0.05, 0.1) is 18.1 Å². The number of benzene rings is 2. The maximum absolute atomic E-state index is 11.7. The molecule has 8 nitrogen and oxygen atoms in total. The molecule has 2 heterocycles. The second kappa shape index (κ2) is 6.80. The maximum atomic E-state index is 11.7. The molecule has 0 saturated heterocycles. The van der Waals surface area contributed by atoms with E-state index in [0.29, 0.717) is 28.4 Å². The normalized spacial score (nSPS) is 11.3. The lowest BCUT2D eigenvalue weighted by atomic mass is 10.1. The molecule has 0 fully saturated rings. The number of nitrogens with one attached hydrogen (secondary N) is 2. The summed E-state index contributed by atoms with van der Waals surface area (Å²) in [5.41, 5.74) is 1.19. The van der Waals surface area contributed by atoms with E-state index in [4.69, 9.17) is 9.72 Å². The van der Waals surface area contributed by atoms with Crippen LogP contribution in [0.25, 0.3) is 28.1 Å². The van der Waals surface area contributed by atoms with E-state index in [-0.39, 0.29) is 5.92 Å². The molecule has 0 radical (unpaired) electrons. The Hall–Kier alpha value is -3.68. The van der Waals surface area contributed by atoms with Crippen molar-refractivity contribution >= 4 is 11.0 Å². The fraction of sp³-hybridized carbons (Fsp3) is 0.200. The van der Waals surface area contributed by atoms with Gasteiger partial charge in [-0.2, -0.15) is 5.10 Å². The van der Waals surface area contributed by atoms with Crippen molar-refractivity contribution in [3.8, 4) is 22.8 Å². The molecule has 28 heavy (non-hydrogen) atoms. The highest BCUT2D eigenvalue weighted by molar-refractivity contribution is 5.79. The standard InChI is InChI=1S/C20H19N5O3/c1-11(2)17-23-18(25(24-17)15-6-4-5-7-16(15)28-3)12-8-9-13-14(10-12)22-20(27)19(26)21-13/h4-11H,1-3H3,(H,21,26)(H,22,27). The van der Waals surface area contributed by atoms with Crippen LogP contribution >= 0.6 is 0 Å². The van der Waals surface area contributed by atoms with Crippen LogP contribution in [0.1, 0.15) is 25.6 Å². The lowest BCUT2D eigenvalue weighted by Crippen LogP contribution is -2.28. The Labute approximate surface area is 159 Å². The molecule has 0 atom stereocenters. The summed E-state index contributed by atoms with van der Waals surface area (Å²) >= 11 is 0. The Morgan fingerprint density at radius 1 is 1.00 bits per heavy atom. The van der Waals surface area contributed by atoms with Crippen molar-refractivity contribution < 1.29 is 4.74 Å². The minimum atomic E-state index is -0.696. The summed E-state index contributed by atoms with van der Waals surface area (Å²) in [4.78, 5) is 33.1. The van der Waals surface area contributed by atoms with Gasteiger partial charge in [0.2, 0.25) is 0 Å². The minimum absolute atomic E-state index is 0.131. The van der Waals surface area contributed by atoms with Crippen LogP contribution in [0.5, 0.6) is 5.75 Å². The van der Waals surface area contributed by atoms with Crippen LogP contribution in [0.15, 0.2) is 52.1 Å². The number of fused-ring (bicyclic) bond motifs is 1. The average molecular weight is 377 g/mol. The van der Waals surface area contributed by atoms with Crippen LogP contribution in [0.4, 0.5) is 0 Å². The molecule has 2 aromatic carbocycles. The molecule has 2 N–H and O–H groups in total. The molecule has 0 aliphatic carbocycles. The monoisotopic (exact) mass is 377 g/mol. The molecule has 4 rings (SSSR count). The van der Waals surface area contributed by atoms with E-state index in [1.807, 2.05) is 44.2 Å². The third-order valence-corrected chi connectivity index (χ3v) is 4.43. The van der Waals surface area contributed by atoms with Gasteiger partial charge in [-0.15, -0.1) is 0 Å². The highest BCUT2D eigenvalue weighted by atomic mass is 16.5. The Morgan fingerprint density at radius 2 is 1.71 bits per heavy atom. The molecule has 0 aliphatic heterocycles. The van der Waals surface area contributed by atoms with E-state index in [0.717, 1.165) is 11.3 Å². The fourth-order valence-corrected chi connectivity index (χ4v) is 2.99. The van der Waals surface area contributed by atoms with Gasteiger partial charge in [0.25, 0.3) is 0 Å². The number of hydrogen-bond donors (Lipinski definition) is 2. The molecule has 0 bridgehead atoms. The van der Waals surface area contributed by atoms with Crippen molar-refractivity contribution in [1.82, 2.24) is 24.7 Å². The summed E-state index contributed by atoms with van der Waals surface area (Å²) in [5.74, 6) is 2.10. The number of hydrogen-bond acceptors (Lipinski definition) is 5. The van der Waals surface area contributed by atoms with Crippen molar-refractivity contribution in [2.75, 3.05) is 7.11 Å². The summed E-state index contributed by atoms with van der Waals surface area (Å²) in [6.07, 6.45) is 0. The topological polar surface area (TPSA) is 106 Å². The number of ether oxygens (including phenoxy) is 1. The zero-order valence-electron chi connectivity index (χ0n) is 15.7. The predicted molar refractivity (Wildman–Crippen MR) is 106 cm³/mol. The van der Waals surface area contributed by atoms with Crippen molar-refractivity contribution in [3.05, 3.63) is 69.0 Å². The van der Waals surface area contributed by atoms with Crippen LogP contribution < -0.4 is 15.9 Å². The maximum Gasteiger partial charge on any atom is 0.314 e. The minimum Gasteiger partial charge on any atom is -0.494 e. The van der Waals surface area contributed by atoms with Crippen molar-refractivity contribution in [2.24, 2.45) is 0 Å². The summed E-state index contributed by atoms with van der Waals surface area (Å²) in [6.45, 7) is 4.04. The highest BCUT2D eigenvalue weighted by Gasteiger charge is 2.18. The second-order valence-electron chi connectivity index (χ2n) is 6.70. The third-order valence-electron chi connectivity index (χ3n) is 4.43. The molecule has 0 aliphatic rings. The molecule has 2 aromatic heterocycles. The number of para-hydroxylation sites is 2. The van der Waals surface area contributed by atoms with Gasteiger partial charge in [0.15, 0.2) is 11.6 Å². The van der Waals surface area contributed by atoms with Crippen LogP contribution in [-0.2, 0) is 0 Å². The summed E-state index contributed by atoms with van der Waals surface area (Å²) in [7, 11) is 1.61. The van der Waals surface area contributed by atoms with E-state index in [1.54, 1.807) is 23.9 Å². The van der Waals surface area contributed by atoms with E-state index in [2.05, 4.69) is 15.1 Å². The summed E-state index contributed by atoms with van der Waals surface area (Å²) < 4.78 is 7.22. The average Bonchev–Trinajstić information content (AvgIpc) is 3.14. The first-order chi connectivity index (χ1) is 13.5. The van der Waals surface area contributed by atoms with Gasteiger partial charge in [-0.1, -0.05) is 26.0 Å². The summed E-state index contributed by atoms with van der Waals surface area (Å²) in [6, 6.07) is 12.9. The van der Waals surface area contributed by atoms with Crippen molar-refractivity contribution in [3.63, 3.8) is 0 Å². The van der Waals surface area contributed by atoms with Crippen LogP contribution in [0, 0.1) is 0 Å². The first kappa shape index (κ1) is 17.7. The predicted octanol–water partition coefficient (Wildman–Crippen LogP) is 2.60. The Kier molecular flexibility index (Phi) is 4.31. The number of H-pyrrole nitrogens is 2. The van der Waals surface area contributed by atoms with E-state index < -0.39 is 11.1 Å². The molecule has 8 heteroatoms. The second-order valence-corrected chi connectivity index (χ2v) is 6.70. The largest absolute Gasteiger partial charge is 0.494 e. The van der Waals surface area contributed by atoms with Crippen LogP contribution in [0.2, 0.25) is 0 Å². The molecular formula is C20H19N5O3. The number of nitrogens with zero attached hydrogens (tertiary/aromatic N) is 3. The van der Waals surface area contributed by atoms with Gasteiger partial charge in [0, 0.05) is 11.5 Å². The molecule has 0 saturated carbocycles. The number of aromatic nitrogens is 5. The molecular weight excluding hydrogens is 358 g/mol. The lowest BCUT2D eigenvalue weighted by Gasteiger charge is -2.10.